The lowest BCUT2D eigenvalue weighted by atomic mass is 10.2. The molecule has 2 fully saturated rings. The SMILES string of the molecule is O=C(O)c1ccccc1OCCN1CCN(C2CC2)CC1. The molecular weight excluding hydrogens is 268 g/mol. The van der Waals surface area contributed by atoms with E-state index in [0.29, 0.717) is 12.4 Å². The number of carboxylic acids is 1. The van der Waals surface area contributed by atoms with Crippen LogP contribution in [0.4, 0.5) is 0 Å². The Morgan fingerprint density at radius 3 is 2.57 bits per heavy atom. The van der Waals surface area contributed by atoms with Gasteiger partial charge in [0.15, 0.2) is 0 Å². The molecule has 0 radical (unpaired) electrons. The lowest BCUT2D eigenvalue weighted by Crippen LogP contribution is -2.48. The fourth-order valence-electron chi connectivity index (χ4n) is 2.85. The van der Waals surface area contributed by atoms with Gasteiger partial charge in [-0.25, -0.2) is 4.79 Å². The molecule has 0 unspecified atom stereocenters. The van der Waals surface area contributed by atoms with Crippen LogP contribution in [-0.4, -0.2) is 66.2 Å². The number of nitrogens with zero attached hydrogens (tertiary/aromatic N) is 2. The summed E-state index contributed by atoms with van der Waals surface area (Å²) in [7, 11) is 0. The Balaban J connectivity index is 1.43. The number of ether oxygens (including phenoxy) is 1. The van der Waals surface area contributed by atoms with E-state index in [2.05, 4.69) is 9.80 Å². The highest BCUT2D eigenvalue weighted by atomic mass is 16.5. The third-order valence-electron chi connectivity index (χ3n) is 4.25. The van der Waals surface area contributed by atoms with E-state index in [1.165, 1.54) is 12.8 Å². The van der Waals surface area contributed by atoms with Crippen molar-refractivity contribution in [1.29, 1.82) is 0 Å². The first-order valence-electron chi connectivity index (χ1n) is 7.65. The standard InChI is InChI=1S/C16H22N2O3/c19-16(20)14-3-1-2-4-15(14)21-12-11-17-7-9-18(10-8-17)13-5-6-13/h1-4,13H,5-12H2,(H,19,20). The molecule has 1 aromatic carbocycles. The first kappa shape index (κ1) is 14.4. The van der Waals surface area contributed by atoms with Crippen LogP contribution in [0.3, 0.4) is 0 Å². The number of hydrogen-bond donors (Lipinski definition) is 1. The summed E-state index contributed by atoms with van der Waals surface area (Å²) < 4.78 is 5.65. The summed E-state index contributed by atoms with van der Waals surface area (Å²) in [4.78, 5) is 16.1. The molecule has 0 spiro atoms. The van der Waals surface area contributed by atoms with E-state index in [0.717, 1.165) is 38.8 Å². The molecule has 1 saturated heterocycles. The number of carbonyl (C=O) groups is 1. The first-order valence-corrected chi connectivity index (χ1v) is 7.65. The molecule has 21 heavy (non-hydrogen) atoms. The van der Waals surface area contributed by atoms with Crippen LogP contribution in [0.2, 0.25) is 0 Å². The van der Waals surface area contributed by atoms with Gasteiger partial charge in [0.1, 0.15) is 17.9 Å². The van der Waals surface area contributed by atoms with Gasteiger partial charge in [0.05, 0.1) is 0 Å². The Hall–Kier alpha value is -1.59. The molecule has 0 bridgehead atoms. The maximum atomic E-state index is 11.1. The number of para-hydroxylation sites is 1. The first-order chi connectivity index (χ1) is 10.2. The second kappa shape index (κ2) is 6.45. The van der Waals surface area contributed by atoms with E-state index in [4.69, 9.17) is 9.84 Å². The van der Waals surface area contributed by atoms with Gasteiger partial charge in [0.2, 0.25) is 0 Å². The summed E-state index contributed by atoms with van der Waals surface area (Å²) in [5.41, 5.74) is 0.232. The van der Waals surface area contributed by atoms with Crippen molar-refractivity contribution in [2.24, 2.45) is 0 Å². The number of hydrogen-bond acceptors (Lipinski definition) is 4. The monoisotopic (exact) mass is 290 g/mol. The molecule has 0 atom stereocenters. The Kier molecular flexibility index (Phi) is 4.41. The lowest BCUT2D eigenvalue weighted by Gasteiger charge is -2.34. The number of piperazine rings is 1. The normalized spacial score (nSPS) is 20.4. The minimum atomic E-state index is -0.941. The van der Waals surface area contributed by atoms with Crippen molar-refractivity contribution in [2.75, 3.05) is 39.3 Å². The molecule has 114 valence electrons. The Morgan fingerprint density at radius 1 is 1.19 bits per heavy atom. The van der Waals surface area contributed by atoms with Crippen LogP contribution in [0.5, 0.6) is 5.75 Å². The second-order valence-electron chi connectivity index (χ2n) is 5.76. The van der Waals surface area contributed by atoms with Crippen LogP contribution in [0.15, 0.2) is 24.3 Å². The molecule has 1 N–H and O–H groups in total. The molecule has 2 aliphatic rings. The average Bonchev–Trinajstić information content (AvgIpc) is 3.33. The van der Waals surface area contributed by atoms with Gasteiger partial charge in [0, 0.05) is 38.8 Å². The topological polar surface area (TPSA) is 53.0 Å². The van der Waals surface area contributed by atoms with E-state index in [1.807, 2.05) is 0 Å². The van der Waals surface area contributed by atoms with Crippen LogP contribution >= 0.6 is 0 Å². The molecule has 1 aromatic rings. The van der Waals surface area contributed by atoms with Crippen LogP contribution < -0.4 is 4.74 Å². The predicted molar refractivity (Wildman–Crippen MR) is 79.9 cm³/mol. The maximum absolute atomic E-state index is 11.1. The van der Waals surface area contributed by atoms with E-state index < -0.39 is 5.97 Å². The molecule has 0 aromatic heterocycles. The van der Waals surface area contributed by atoms with Crippen molar-refractivity contribution in [3.63, 3.8) is 0 Å². The summed E-state index contributed by atoms with van der Waals surface area (Å²) in [5.74, 6) is -0.481. The van der Waals surface area contributed by atoms with Crippen LogP contribution in [-0.2, 0) is 0 Å². The van der Waals surface area contributed by atoms with Gasteiger partial charge in [-0.1, -0.05) is 12.1 Å². The zero-order chi connectivity index (χ0) is 14.7. The van der Waals surface area contributed by atoms with Gasteiger partial charge >= 0.3 is 5.97 Å². The summed E-state index contributed by atoms with van der Waals surface area (Å²) in [6.07, 6.45) is 2.74. The van der Waals surface area contributed by atoms with Crippen molar-refractivity contribution in [2.45, 2.75) is 18.9 Å². The number of benzene rings is 1. The molecule has 0 amide bonds. The van der Waals surface area contributed by atoms with E-state index in [9.17, 15) is 4.79 Å². The van der Waals surface area contributed by atoms with Crippen molar-refractivity contribution in [3.8, 4) is 5.75 Å². The third kappa shape index (κ3) is 3.74. The molecule has 1 aliphatic carbocycles. The van der Waals surface area contributed by atoms with Crippen molar-refractivity contribution >= 4 is 5.97 Å². The quantitative estimate of drug-likeness (QED) is 0.861. The van der Waals surface area contributed by atoms with Gasteiger partial charge in [-0.15, -0.1) is 0 Å². The molecule has 1 heterocycles. The molecule has 5 nitrogen and oxygen atoms in total. The van der Waals surface area contributed by atoms with Gasteiger partial charge in [-0.3, -0.25) is 9.80 Å². The molecule has 5 heteroatoms. The van der Waals surface area contributed by atoms with Crippen molar-refractivity contribution < 1.29 is 14.6 Å². The highest BCUT2D eigenvalue weighted by Gasteiger charge is 2.30. The highest BCUT2D eigenvalue weighted by molar-refractivity contribution is 5.90. The Morgan fingerprint density at radius 2 is 1.90 bits per heavy atom. The summed E-state index contributed by atoms with van der Waals surface area (Å²) in [6.45, 7) is 5.85. The van der Waals surface area contributed by atoms with Crippen LogP contribution in [0.1, 0.15) is 23.2 Å². The molecule has 1 saturated carbocycles. The minimum Gasteiger partial charge on any atom is -0.491 e. The van der Waals surface area contributed by atoms with E-state index in [1.54, 1.807) is 24.3 Å². The van der Waals surface area contributed by atoms with Crippen molar-refractivity contribution in [1.82, 2.24) is 9.80 Å². The fraction of sp³-hybridized carbons (Fsp3) is 0.562. The fourth-order valence-corrected chi connectivity index (χ4v) is 2.85. The zero-order valence-corrected chi connectivity index (χ0v) is 12.2. The molecule has 1 aliphatic heterocycles. The summed E-state index contributed by atoms with van der Waals surface area (Å²) >= 11 is 0. The highest BCUT2D eigenvalue weighted by Crippen LogP contribution is 2.27. The predicted octanol–water partition coefficient (Wildman–Crippen LogP) is 1.54. The number of aromatic carboxylic acids is 1. The number of rotatable bonds is 6. The van der Waals surface area contributed by atoms with Crippen LogP contribution in [0.25, 0.3) is 0 Å². The minimum absolute atomic E-state index is 0.232. The van der Waals surface area contributed by atoms with E-state index in [-0.39, 0.29) is 5.56 Å². The van der Waals surface area contributed by atoms with E-state index >= 15 is 0 Å². The zero-order valence-electron chi connectivity index (χ0n) is 12.2. The largest absolute Gasteiger partial charge is 0.491 e. The van der Waals surface area contributed by atoms with Gasteiger partial charge in [-0.05, 0) is 25.0 Å². The second-order valence-corrected chi connectivity index (χ2v) is 5.76. The smallest absolute Gasteiger partial charge is 0.339 e. The van der Waals surface area contributed by atoms with Crippen molar-refractivity contribution in [3.05, 3.63) is 29.8 Å². The summed E-state index contributed by atoms with van der Waals surface area (Å²) in [6, 6.07) is 7.66. The van der Waals surface area contributed by atoms with Gasteiger partial charge in [0.25, 0.3) is 0 Å². The Labute approximate surface area is 125 Å². The maximum Gasteiger partial charge on any atom is 0.339 e. The Bertz CT molecular complexity index is 494. The summed E-state index contributed by atoms with van der Waals surface area (Å²) in [5, 5.41) is 9.10. The molecular formula is C16H22N2O3. The van der Waals surface area contributed by atoms with Gasteiger partial charge in [-0.2, -0.15) is 0 Å². The lowest BCUT2D eigenvalue weighted by molar-refractivity contribution is 0.0690. The van der Waals surface area contributed by atoms with Crippen LogP contribution in [0, 0.1) is 0 Å². The average molecular weight is 290 g/mol. The molecule has 3 rings (SSSR count). The number of carboxylic acid groups (broad SMARTS) is 1. The van der Waals surface area contributed by atoms with Gasteiger partial charge < -0.3 is 9.84 Å². The third-order valence-corrected chi connectivity index (χ3v) is 4.25.